The molecule has 0 bridgehead atoms. The standard InChI is InChI=1S/C25H27N3O5S/c1-5-15(2)28-24(31)21(23(30)27-25(28)34)13-17-6-11-22(32-4)18(12-17)14-33-20-9-7-19(8-10-20)26-16(3)29/h6-13,15H,5,14H2,1-4H3,(H,26,29)(H,27,30,34). The molecule has 0 aliphatic carbocycles. The lowest BCUT2D eigenvalue weighted by Gasteiger charge is -2.33. The largest absolute Gasteiger partial charge is 0.496 e. The molecule has 8 nitrogen and oxygen atoms in total. The Kier molecular flexibility index (Phi) is 8.01. The Hall–Kier alpha value is -3.72. The highest BCUT2D eigenvalue weighted by Crippen LogP contribution is 2.25. The summed E-state index contributed by atoms with van der Waals surface area (Å²) < 4.78 is 11.3. The summed E-state index contributed by atoms with van der Waals surface area (Å²) in [6.07, 6.45) is 2.24. The van der Waals surface area contributed by atoms with Crippen molar-refractivity contribution in [3.05, 3.63) is 59.2 Å². The number of hydrogen-bond donors (Lipinski definition) is 2. The molecule has 1 fully saturated rings. The molecule has 2 aromatic carbocycles. The van der Waals surface area contributed by atoms with Gasteiger partial charge < -0.3 is 14.8 Å². The Labute approximate surface area is 203 Å². The molecule has 34 heavy (non-hydrogen) atoms. The first-order chi connectivity index (χ1) is 16.2. The molecular weight excluding hydrogens is 454 g/mol. The fourth-order valence-corrected chi connectivity index (χ4v) is 3.78. The molecule has 2 aromatic rings. The number of methoxy groups -OCH3 is 1. The van der Waals surface area contributed by atoms with Gasteiger partial charge in [0, 0.05) is 24.2 Å². The molecule has 1 atom stereocenters. The number of ether oxygens (including phenoxy) is 2. The summed E-state index contributed by atoms with van der Waals surface area (Å²) in [6, 6.07) is 12.2. The average molecular weight is 482 g/mol. The minimum atomic E-state index is -0.526. The van der Waals surface area contributed by atoms with Crippen LogP contribution in [0.15, 0.2) is 48.0 Å². The summed E-state index contributed by atoms with van der Waals surface area (Å²) in [5.74, 6) is 0.125. The van der Waals surface area contributed by atoms with Gasteiger partial charge in [0.1, 0.15) is 23.7 Å². The second kappa shape index (κ2) is 10.9. The van der Waals surface area contributed by atoms with E-state index < -0.39 is 11.8 Å². The number of amides is 3. The van der Waals surface area contributed by atoms with Crippen LogP contribution in [0.5, 0.6) is 11.5 Å². The van der Waals surface area contributed by atoms with Crippen LogP contribution in [0.1, 0.15) is 38.3 Å². The second-order valence-corrected chi connectivity index (χ2v) is 8.20. The summed E-state index contributed by atoms with van der Waals surface area (Å²) >= 11 is 5.20. The second-order valence-electron chi connectivity index (χ2n) is 7.82. The van der Waals surface area contributed by atoms with E-state index in [0.29, 0.717) is 29.2 Å². The maximum atomic E-state index is 13.0. The smallest absolute Gasteiger partial charge is 0.265 e. The van der Waals surface area contributed by atoms with Crippen LogP contribution >= 0.6 is 12.2 Å². The zero-order chi connectivity index (χ0) is 24.8. The number of hydrogen-bond acceptors (Lipinski definition) is 6. The first kappa shape index (κ1) is 24.9. The highest BCUT2D eigenvalue weighted by molar-refractivity contribution is 7.80. The molecule has 1 heterocycles. The minimum absolute atomic E-state index is 0.0134. The van der Waals surface area contributed by atoms with Crippen LogP contribution in [-0.2, 0) is 21.0 Å². The van der Waals surface area contributed by atoms with Crippen molar-refractivity contribution in [3.63, 3.8) is 0 Å². The highest BCUT2D eigenvalue weighted by Gasteiger charge is 2.35. The molecule has 9 heteroatoms. The Morgan fingerprint density at radius 3 is 2.53 bits per heavy atom. The lowest BCUT2D eigenvalue weighted by atomic mass is 10.0. The monoisotopic (exact) mass is 481 g/mol. The molecule has 3 rings (SSSR count). The SMILES string of the molecule is CCC(C)N1C(=O)C(=Cc2ccc(OC)c(COc3ccc(NC(C)=O)cc3)c2)C(=O)NC1=S. The van der Waals surface area contributed by atoms with Gasteiger partial charge in [-0.3, -0.25) is 24.6 Å². The number of nitrogens with zero attached hydrogens (tertiary/aromatic N) is 1. The zero-order valence-electron chi connectivity index (χ0n) is 19.5. The number of anilines is 1. The predicted molar refractivity (Wildman–Crippen MR) is 133 cm³/mol. The minimum Gasteiger partial charge on any atom is -0.496 e. The summed E-state index contributed by atoms with van der Waals surface area (Å²) in [5.41, 5.74) is 2.07. The van der Waals surface area contributed by atoms with Crippen LogP contribution in [0, 0.1) is 0 Å². The van der Waals surface area contributed by atoms with E-state index in [4.69, 9.17) is 21.7 Å². The van der Waals surface area contributed by atoms with Crippen molar-refractivity contribution in [2.75, 3.05) is 12.4 Å². The Morgan fingerprint density at radius 1 is 1.21 bits per heavy atom. The molecule has 178 valence electrons. The van der Waals surface area contributed by atoms with Gasteiger partial charge in [-0.1, -0.05) is 13.0 Å². The van der Waals surface area contributed by atoms with E-state index >= 15 is 0 Å². The zero-order valence-corrected chi connectivity index (χ0v) is 20.3. The summed E-state index contributed by atoms with van der Waals surface area (Å²) in [7, 11) is 1.56. The van der Waals surface area contributed by atoms with Gasteiger partial charge >= 0.3 is 0 Å². The van der Waals surface area contributed by atoms with Gasteiger partial charge in [-0.15, -0.1) is 0 Å². The first-order valence-corrected chi connectivity index (χ1v) is 11.2. The molecule has 0 radical (unpaired) electrons. The molecule has 3 amide bonds. The van der Waals surface area contributed by atoms with Crippen molar-refractivity contribution in [3.8, 4) is 11.5 Å². The Morgan fingerprint density at radius 2 is 1.91 bits per heavy atom. The van der Waals surface area contributed by atoms with Gasteiger partial charge in [0.15, 0.2) is 5.11 Å². The molecular formula is C25H27N3O5S. The normalized spacial score (nSPS) is 15.7. The van der Waals surface area contributed by atoms with E-state index in [0.717, 1.165) is 5.56 Å². The maximum absolute atomic E-state index is 13.0. The number of rotatable bonds is 8. The fourth-order valence-electron chi connectivity index (χ4n) is 3.42. The van der Waals surface area contributed by atoms with Crippen LogP contribution in [0.2, 0.25) is 0 Å². The van der Waals surface area contributed by atoms with Gasteiger partial charge in [0.05, 0.1) is 7.11 Å². The van der Waals surface area contributed by atoms with Gasteiger partial charge in [0.2, 0.25) is 5.91 Å². The molecule has 2 N–H and O–H groups in total. The molecule has 1 saturated heterocycles. The van der Waals surface area contributed by atoms with E-state index in [1.165, 1.54) is 11.8 Å². The topological polar surface area (TPSA) is 97.0 Å². The van der Waals surface area contributed by atoms with Crippen molar-refractivity contribution < 1.29 is 23.9 Å². The van der Waals surface area contributed by atoms with E-state index in [1.807, 2.05) is 13.8 Å². The van der Waals surface area contributed by atoms with Crippen molar-refractivity contribution >= 4 is 46.8 Å². The quantitative estimate of drug-likeness (QED) is 0.339. The van der Waals surface area contributed by atoms with E-state index in [2.05, 4.69) is 10.6 Å². The number of nitrogens with one attached hydrogen (secondary N) is 2. The van der Waals surface area contributed by atoms with E-state index in [9.17, 15) is 14.4 Å². The number of carbonyl (C=O) groups excluding carboxylic acids is 3. The van der Waals surface area contributed by atoms with Crippen molar-refractivity contribution in [2.24, 2.45) is 0 Å². The van der Waals surface area contributed by atoms with Crippen LogP contribution in [0.25, 0.3) is 6.08 Å². The van der Waals surface area contributed by atoms with Gasteiger partial charge in [-0.2, -0.15) is 0 Å². The molecule has 0 saturated carbocycles. The maximum Gasteiger partial charge on any atom is 0.265 e. The van der Waals surface area contributed by atoms with Crippen LogP contribution < -0.4 is 20.1 Å². The third-order valence-electron chi connectivity index (χ3n) is 5.35. The average Bonchev–Trinajstić information content (AvgIpc) is 2.80. The highest BCUT2D eigenvalue weighted by atomic mass is 32.1. The molecule has 1 unspecified atom stereocenters. The number of thiocarbonyl (C=S) groups is 1. The Bertz CT molecular complexity index is 1140. The van der Waals surface area contributed by atoms with Crippen LogP contribution in [-0.4, -0.2) is 40.9 Å². The summed E-state index contributed by atoms with van der Waals surface area (Å²) in [4.78, 5) is 38.1. The van der Waals surface area contributed by atoms with Gasteiger partial charge in [0.25, 0.3) is 11.8 Å². The van der Waals surface area contributed by atoms with Crippen molar-refractivity contribution in [1.29, 1.82) is 0 Å². The van der Waals surface area contributed by atoms with Crippen molar-refractivity contribution in [1.82, 2.24) is 10.2 Å². The molecule has 1 aliphatic rings. The molecule has 1 aliphatic heterocycles. The lowest BCUT2D eigenvalue weighted by molar-refractivity contribution is -0.130. The summed E-state index contributed by atoms with van der Waals surface area (Å²) in [6.45, 7) is 5.47. The first-order valence-electron chi connectivity index (χ1n) is 10.8. The molecule has 0 spiro atoms. The van der Waals surface area contributed by atoms with Crippen LogP contribution in [0.3, 0.4) is 0 Å². The predicted octanol–water partition coefficient (Wildman–Crippen LogP) is 3.66. The third kappa shape index (κ3) is 5.79. The van der Waals surface area contributed by atoms with Crippen LogP contribution in [0.4, 0.5) is 5.69 Å². The van der Waals surface area contributed by atoms with Gasteiger partial charge in [-0.25, -0.2) is 0 Å². The third-order valence-corrected chi connectivity index (χ3v) is 5.65. The lowest BCUT2D eigenvalue weighted by Crippen LogP contribution is -2.56. The Balaban J connectivity index is 1.82. The fraction of sp³-hybridized carbons (Fsp3) is 0.280. The summed E-state index contributed by atoms with van der Waals surface area (Å²) in [5, 5.41) is 5.42. The number of carbonyl (C=O) groups is 3. The number of benzene rings is 2. The van der Waals surface area contributed by atoms with Gasteiger partial charge in [-0.05, 0) is 73.6 Å². The van der Waals surface area contributed by atoms with E-state index in [1.54, 1.807) is 55.7 Å². The van der Waals surface area contributed by atoms with E-state index in [-0.39, 0.29) is 29.2 Å². The molecule has 0 aromatic heterocycles. The van der Waals surface area contributed by atoms with Crippen molar-refractivity contribution in [2.45, 2.75) is 39.8 Å².